The first kappa shape index (κ1) is 11.8. The molecule has 1 nitrogen and oxygen atoms in total. The van der Waals surface area contributed by atoms with Gasteiger partial charge in [-0.25, -0.2) is 0 Å². The third-order valence-corrected chi connectivity index (χ3v) is 2.78. The molecule has 1 heteroatoms. The largest absolute Gasteiger partial charge is 0.373 e. The van der Waals surface area contributed by atoms with E-state index >= 15 is 0 Å². The predicted octanol–water partition coefficient (Wildman–Crippen LogP) is 4.08. The Morgan fingerprint density at radius 2 is 1.71 bits per heavy atom. The van der Waals surface area contributed by atoms with Crippen LogP contribution in [0, 0.1) is 0 Å². The summed E-state index contributed by atoms with van der Waals surface area (Å²) in [5.41, 5.74) is 0. The maximum absolute atomic E-state index is 5.17. The van der Waals surface area contributed by atoms with Crippen LogP contribution < -0.4 is 0 Å². The minimum atomic E-state index is 0.643. The summed E-state index contributed by atoms with van der Waals surface area (Å²) < 4.78 is 5.17. The minimum Gasteiger partial charge on any atom is -0.373 e. The molecule has 0 bridgehead atoms. The number of hydrogen-bond acceptors (Lipinski definition) is 1. The Hall–Kier alpha value is -0.300. The number of ether oxygens (including phenoxy) is 1. The Balaban J connectivity index is 1.66. The molecule has 1 atom stereocenters. The zero-order valence-electron chi connectivity index (χ0n) is 9.50. The first-order valence-electron chi connectivity index (χ1n) is 6.16. The summed E-state index contributed by atoms with van der Waals surface area (Å²) in [5.74, 6) is 0. The SMILES string of the molecule is CC=CCCCCCCCCC1CO1. The van der Waals surface area contributed by atoms with Gasteiger partial charge in [0.1, 0.15) is 0 Å². The molecule has 0 aromatic heterocycles. The second-order valence-corrected chi connectivity index (χ2v) is 4.22. The zero-order chi connectivity index (χ0) is 10.1. The number of rotatable bonds is 9. The Morgan fingerprint density at radius 1 is 1.07 bits per heavy atom. The molecule has 14 heavy (non-hydrogen) atoms. The van der Waals surface area contributed by atoms with Gasteiger partial charge in [0.15, 0.2) is 0 Å². The molecule has 1 fully saturated rings. The van der Waals surface area contributed by atoms with E-state index in [2.05, 4.69) is 19.1 Å². The summed E-state index contributed by atoms with van der Waals surface area (Å²) in [4.78, 5) is 0. The first-order valence-corrected chi connectivity index (χ1v) is 6.16. The Labute approximate surface area is 88.5 Å². The Morgan fingerprint density at radius 3 is 2.36 bits per heavy atom. The van der Waals surface area contributed by atoms with E-state index in [1.165, 1.54) is 51.4 Å². The van der Waals surface area contributed by atoms with Crippen molar-refractivity contribution in [3.63, 3.8) is 0 Å². The van der Waals surface area contributed by atoms with Crippen molar-refractivity contribution in [3.05, 3.63) is 12.2 Å². The van der Waals surface area contributed by atoms with Gasteiger partial charge in [-0.15, -0.1) is 0 Å². The molecule has 1 saturated heterocycles. The highest BCUT2D eigenvalue weighted by Crippen LogP contribution is 2.18. The molecular formula is C13H24O. The maximum Gasteiger partial charge on any atom is 0.0810 e. The van der Waals surface area contributed by atoms with Gasteiger partial charge in [-0.2, -0.15) is 0 Å². The third kappa shape index (κ3) is 7.14. The van der Waals surface area contributed by atoms with Crippen molar-refractivity contribution in [3.8, 4) is 0 Å². The van der Waals surface area contributed by atoms with E-state index in [0.717, 1.165) is 6.61 Å². The topological polar surface area (TPSA) is 12.5 Å². The van der Waals surface area contributed by atoms with Crippen LogP contribution in [0.2, 0.25) is 0 Å². The fraction of sp³-hybridized carbons (Fsp3) is 0.846. The summed E-state index contributed by atoms with van der Waals surface area (Å²) in [7, 11) is 0. The summed E-state index contributed by atoms with van der Waals surface area (Å²) >= 11 is 0. The van der Waals surface area contributed by atoms with Gasteiger partial charge in [-0.05, 0) is 26.2 Å². The quantitative estimate of drug-likeness (QED) is 0.307. The summed E-state index contributed by atoms with van der Waals surface area (Å²) in [6.45, 7) is 3.13. The monoisotopic (exact) mass is 196 g/mol. The van der Waals surface area contributed by atoms with E-state index in [1.807, 2.05) is 0 Å². The van der Waals surface area contributed by atoms with E-state index in [0.29, 0.717) is 6.10 Å². The molecule has 1 aliphatic rings. The molecule has 0 aliphatic carbocycles. The second-order valence-electron chi connectivity index (χ2n) is 4.22. The van der Waals surface area contributed by atoms with Crippen molar-refractivity contribution in [1.82, 2.24) is 0 Å². The summed E-state index contributed by atoms with van der Waals surface area (Å²) in [5, 5.41) is 0. The number of epoxide rings is 1. The Bertz CT molecular complexity index is 147. The molecule has 0 amide bonds. The molecule has 0 N–H and O–H groups in total. The van der Waals surface area contributed by atoms with Crippen molar-refractivity contribution >= 4 is 0 Å². The van der Waals surface area contributed by atoms with Crippen LogP contribution in [0.3, 0.4) is 0 Å². The molecular weight excluding hydrogens is 172 g/mol. The standard InChI is InChI=1S/C13H24O/c1-2-3-4-5-6-7-8-9-10-11-13-12-14-13/h2-3,13H,4-12H2,1H3. The van der Waals surface area contributed by atoms with Crippen LogP contribution >= 0.6 is 0 Å². The molecule has 82 valence electrons. The average molecular weight is 196 g/mol. The van der Waals surface area contributed by atoms with E-state index in [9.17, 15) is 0 Å². The number of allylic oxidation sites excluding steroid dienone is 2. The highest BCUT2D eigenvalue weighted by atomic mass is 16.6. The van der Waals surface area contributed by atoms with Crippen LogP contribution in [0.15, 0.2) is 12.2 Å². The van der Waals surface area contributed by atoms with Crippen LogP contribution in [0.25, 0.3) is 0 Å². The van der Waals surface area contributed by atoms with Crippen molar-refractivity contribution in [1.29, 1.82) is 0 Å². The van der Waals surface area contributed by atoms with Crippen molar-refractivity contribution in [2.75, 3.05) is 6.61 Å². The van der Waals surface area contributed by atoms with Gasteiger partial charge in [-0.1, -0.05) is 44.3 Å². The molecule has 0 saturated carbocycles. The molecule has 1 unspecified atom stereocenters. The average Bonchev–Trinajstić information content (AvgIpc) is 2.99. The number of hydrogen-bond donors (Lipinski definition) is 0. The van der Waals surface area contributed by atoms with Gasteiger partial charge in [-0.3, -0.25) is 0 Å². The van der Waals surface area contributed by atoms with Crippen molar-refractivity contribution < 1.29 is 4.74 Å². The molecule has 1 rings (SSSR count). The predicted molar refractivity (Wildman–Crippen MR) is 61.5 cm³/mol. The Kier molecular flexibility index (Phi) is 6.77. The van der Waals surface area contributed by atoms with E-state index in [-0.39, 0.29) is 0 Å². The van der Waals surface area contributed by atoms with Crippen LogP contribution in [0.5, 0.6) is 0 Å². The minimum absolute atomic E-state index is 0.643. The van der Waals surface area contributed by atoms with Crippen LogP contribution in [-0.2, 0) is 4.74 Å². The summed E-state index contributed by atoms with van der Waals surface area (Å²) in [6.07, 6.45) is 16.0. The molecule has 0 aromatic rings. The molecule has 0 radical (unpaired) electrons. The number of unbranched alkanes of at least 4 members (excludes halogenated alkanes) is 6. The molecule has 1 aliphatic heterocycles. The van der Waals surface area contributed by atoms with Crippen molar-refractivity contribution in [2.24, 2.45) is 0 Å². The first-order chi connectivity index (χ1) is 6.93. The second kappa shape index (κ2) is 8.05. The molecule has 0 spiro atoms. The van der Waals surface area contributed by atoms with E-state index in [4.69, 9.17) is 4.74 Å². The fourth-order valence-corrected chi connectivity index (χ4v) is 1.74. The van der Waals surface area contributed by atoms with Gasteiger partial charge in [0, 0.05) is 0 Å². The van der Waals surface area contributed by atoms with Gasteiger partial charge < -0.3 is 4.74 Å². The molecule has 1 heterocycles. The highest BCUT2D eigenvalue weighted by molar-refractivity contribution is 4.76. The van der Waals surface area contributed by atoms with Crippen molar-refractivity contribution in [2.45, 2.75) is 64.4 Å². The third-order valence-electron chi connectivity index (χ3n) is 2.78. The molecule has 0 aromatic carbocycles. The van der Waals surface area contributed by atoms with Gasteiger partial charge in [0.05, 0.1) is 12.7 Å². The van der Waals surface area contributed by atoms with E-state index < -0.39 is 0 Å². The smallest absolute Gasteiger partial charge is 0.0810 e. The lowest BCUT2D eigenvalue weighted by Gasteiger charge is -1.99. The van der Waals surface area contributed by atoms with Crippen LogP contribution in [0.4, 0.5) is 0 Å². The lowest BCUT2D eigenvalue weighted by atomic mass is 10.1. The van der Waals surface area contributed by atoms with Crippen LogP contribution in [0.1, 0.15) is 58.3 Å². The zero-order valence-corrected chi connectivity index (χ0v) is 9.50. The summed E-state index contributed by atoms with van der Waals surface area (Å²) in [6, 6.07) is 0. The lowest BCUT2D eigenvalue weighted by Crippen LogP contribution is -1.85. The van der Waals surface area contributed by atoms with Gasteiger partial charge in [0.25, 0.3) is 0 Å². The van der Waals surface area contributed by atoms with Gasteiger partial charge in [0.2, 0.25) is 0 Å². The fourth-order valence-electron chi connectivity index (χ4n) is 1.74. The highest BCUT2D eigenvalue weighted by Gasteiger charge is 2.20. The van der Waals surface area contributed by atoms with Gasteiger partial charge >= 0.3 is 0 Å². The van der Waals surface area contributed by atoms with E-state index in [1.54, 1.807) is 0 Å². The van der Waals surface area contributed by atoms with Crippen LogP contribution in [-0.4, -0.2) is 12.7 Å². The normalized spacial score (nSPS) is 20.5. The lowest BCUT2D eigenvalue weighted by molar-refractivity contribution is 0.387. The maximum atomic E-state index is 5.17.